The maximum atomic E-state index is 12.6. The molecule has 0 aromatic heterocycles. The van der Waals surface area contributed by atoms with Crippen LogP contribution in [0.4, 0.5) is 5.69 Å². The molecule has 0 saturated carbocycles. The van der Waals surface area contributed by atoms with E-state index in [1.165, 1.54) is 6.07 Å². The maximum absolute atomic E-state index is 12.6. The van der Waals surface area contributed by atoms with Crippen molar-refractivity contribution in [2.75, 3.05) is 18.9 Å². The topological polar surface area (TPSA) is 81.4 Å². The fourth-order valence-corrected chi connectivity index (χ4v) is 3.92. The highest BCUT2D eigenvalue weighted by Crippen LogP contribution is 2.26. The molecule has 7 heteroatoms. The molecule has 0 amide bonds. The predicted octanol–water partition coefficient (Wildman–Crippen LogP) is 2.68. The number of nitrogens with one attached hydrogen (secondary N) is 1. The van der Waals surface area contributed by atoms with Gasteiger partial charge in [-0.05, 0) is 53.4 Å². The summed E-state index contributed by atoms with van der Waals surface area (Å²) < 4.78 is 33.9. The molecule has 1 aromatic rings. The number of halogens is 1. The van der Waals surface area contributed by atoms with E-state index >= 15 is 0 Å². The summed E-state index contributed by atoms with van der Waals surface area (Å²) in [6, 6.07) is 2.90. The Morgan fingerprint density at radius 2 is 2.00 bits per heavy atom. The zero-order valence-electron chi connectivity index (χ0n) is 12.8. The average Bonchev–Trinajstić information content (AvgIpc) is 2.38. The Morgan fingerprint density at radius 3 is 2.52 bits per heavy atom. The quantitative estimate of drug-likeness (QED) is 0.714. The van der Waals surface area contributed by atoms with Crippen LogP contribution in [0.15, 0.2) is 21.5 Å². The molecule has 1 rings (SSSR count). The predicted molar refractivity (Wildman–Crippen MR) is 88.7 cm³/mol. The first kappa shape index (κ1) is 18.4. The van der Waals surface area contributed by atoms with Gasteiger partial charge in [-0.15, -0.1) is 0 Å². The second-order valence-electron chi connectivity index (χ2n) is 5.27. The Hall–Kier alpha value is -0.630. The zero-order chi connectivity index (χ0) is 16.2. The van der Waals surface area contributed by atoms with Gasteiger partial charge in [0.15, 0.2) is 0 Å². The SMILES string of the molecule is CCOCC(NS(=O)(=O)c1cc(N)c(Br)cc1C)C(C)C. The Balaban J connectivity index is 3.07. The summed E-state index contributed by atoms with van der Waals surface area (Å²) in [7, 11) is -3.64. The van der Waals surface area contributed by atoms with E-state index in [2.05, 4.69) is 20.7 Å². The van der Waals surface area contributed by atoms with Crippen molar-refractivity contribution >= 4 is 31.6 Å². The number of aryl methyl sites for hydroxylation is 1. The van der Waals surface area contributed by atoms with E-state index in [0.29, 0.717) is 28.9 Å². The van der Waals surface area contributed by atoms with Crippen LogP contribution in [-0.2, 0) is 14.8 Å². The smallest absolute Gasteiger partial charge is 0.241 e. The number of hydrogen-bond donors (Lipinski definition) is 2. The van der Waals surface area contributed by atoms with Crippen LogP contribution in [-0.4, -0.2) is 27.7 Å². The van der Waals surface area contributed by atoms with Gasteiger partial charge in [-0.3, -0.25) is 0 Å². The molecule has 0 aliphatic carbocycles. The Labute approximate surface area is 135 Å². The molecule has 1 atom stereocenters. The molecule has 0 aliphatic rings. The van der Waals surface area contributed by atoms with Crippen LogP contribution < -0.4 is 10.5 Å². The van der Waals surface area contributed by atoms with Gasteiger partial charge in [0.25, 0.3) is 0 Å². The molecule has 1 aromatic carbocycles. The molecule has 0 bridgehead atoms. The molecule has 120 valence electrons. The Morgan fingerprint density at radius 1 is 1.38 bits per heavy atom. The normalized spacial score (nSPS) is 13.6. The van der Waals surface area contributed by atoms with E-state index in [0.717, 1.165) is 0 Å². The molecule has 21 heavy (non-hydrogen) atoms. The minimum atomic E-state index is -3.64. The van der Waals surface area contributed by atoms with Crippen LogP contribution >= 0.6 is 15.9 Å². The van der Waals surface area contributed by atoms with E-state index in [1.54, 1.807) is 13.0 Å². The van der Waals surface area contributed by atoms with Gasteiger partial charge in [-0.1, -0.05) is 13.8 Å². The van der Waals surface area contributed by atoms with Crippen LogP contribution in [0.5, 0.6) is 0 Å². The van der Waals surface area contributed by atoms with Crippen molar-refractivity contribution in [3.05, 3.63) is 22.2 Å². The molecular formula is C14H23BrN2O3S. The fraction of sp³-hybridized carbons (Fsp3) is 0.571. The number of hydrogen-bond acceptors (Lipinski definition) is 4. The van der Waals surface area contributed by atoms with E-state index in [4.69, 9.17) is 10.5 Å². The van der Waals surface area contributed by atoms with Gasteiger partial charge in [0.1, 0.15) is 0 Å². The summed E-state index contributed by atoms with van der Waals surface area (Å²) in [6.07, 6.45) is 0. The number of benzene rings is 1. The number of sulfonamides is 1. The molecular weight excluding hydrogens is 356 g/mol. The van der Waals surface area contributed by atoms with Crippen molar-refractivity contribution in [2.24, 2.45) is 5.92 Å². The van der Waals surface area contributed by atoms with Gasteiger partial charge in [0.2, 0.25) is 10.0 Å². The first-order valence-electron chi connectivity index (χ1n) is 6.84. The van der Waals surface area contributed by atoms with Crippen molar-refractivity contribution in [3.8, 4) is 0 Å². The second kappa shape index (κ2) is 7.58. The molecule has 0 heterocycles. The molecule has 0 spiro atoms. The minimum absolute atomic E-state index is 0.124. The summed E-state index contributed by atoms with van der Waals surface area (Å²) in [5, 5.41) is 0. The van der Waals surface area contributed by atoms with E-state index in [1.807, 2.05) is 20.8 Å². The summed E-state index contributed by atoms with van der Waals surface area (Å²) in [5.41, 5.74) is 6.83. The molecule has 0 aliphatic heterocycles. The Bertz CT molecular complexity index is 588. The van der Waals surface area contributed by atoms with Crippen LogP contribution in [0, 0.1) is 12.8 Å². The van der Waals surface area contributed by atoms with Gasteiger partial charge < -0.3 is 10.5 Å². The molecule has 3 N–H and O–H groups in total. The van der Waals surface area contributed by atoms with Gasteiger partial charge in [-0.2, -0.15) is 0 Å². The van der Waals surface area contributed by atoms with Crippen LogP contribution in [0.3, 0.4) is 0 Å². The monoisotopic (exact) mass is 378 g/mol. The highest BCUT2D eigenvalue weighted by atomic mass is 79.9. The van der Waals surface area contributed by atoms with Gasteiger partial charge in [-0.25, -0.2) is 13.1 Å². The van der Waals surface area contributed by atoms with Crippen LogP contribution in [0.2, 0.25) is 0 Å². The lowest BCUT2D eigenvalue weighted by atomic mass is 10.1. The number of nitrogens with two attached hydrogens (primary N) is 1. The average molecular weight is 379 g/mol. The third-order valence-electron chi connectivity index (χ3n) is 3.20. The summed E-state index contributed by atoms with van der Waals surface area (Å²) in [5.74, 6) is 0.124. The molecule has 1 unspecified atom stereocenters. The van der Waals surface area contributed by atoms with Crippen molar-refractivity contribution in [1.82, 2.24) is 4.72 Å². The van der Waals surface area contributed by atoms with E-state index in [9.17, 15) is 8.42 Å². The number of ether oxygens (including phenoxy) is 1. The maximum Gasteiger partial charge on any atom is 0.241 e. The summed E-state index contributed by atoms with van der Waals surface area (Å²) in [4.78, 5) is 0.199. The number of anilines is 1. The second-order valence-corrected chi connectivity index (χ2v) is 7.81. The van der Waals surface area contributed by atoms with Crippen molar-refractivity contribution in [1.29, 1.82) is 0 Å². The first-order valence-corrected chi connectivity index (χ1v) is 9.12. The minimum Gasteiger partial charge on any atom is -0.398 e. The molecule has 5 nitrogen and oxygen atoms in total. The number of nitrogen functional groups attached to an aromatic ring is 1. The fourth-order valence-electron chi connectivity index (χ4n) is 1.83. The standard InChI is InChI=1S/C14H23BrN2O3S/c1-5-20-8-13(9(2)3)17-21(18,19)14-7-12(16)11(15)6-10(14)4/h6-7,9,13,17H,5,8,16H2,1-4H3. The van der Waals surface area contributed by atoms with Crippen molar-refractivity contribution in [2.45, 2.75) is 38.6 Å². The lowest BCUT2D eigenvalue weighted by Gasteiger charge is -2.22. The van der Waals surface area contributed by atoms with Gasteiger partial charge in [0.05, 0.1) is 11.5 Å². The molecule has 0 radical (unpaired) electrons. The summed E-state index contributed by atoms with van der Waals surface area (Å²) >= 11 is 3.29. The molecule has 0 fully saturated rings. The highest BCUT2D eigenvalue weighted by molar-refractivity contribution is 9.10. The van der Waals surface area contributed by atoms with Gasteiger partial charge >= 0.3 is 0 Å². The van der Waals surface area contributed by atoms with Crippen molar-refractivity contribution < 1.29 is 13.2 Å². The van der Waals surface area contributed by atoms with E-state index in [-0.39, 0.29) is 16.9 Å². The highest BCUT2D eigenvalue weighted by Gasteiger charge is 2.24. The van der Waals surface area contributed by atoms with Crippen LogP contribution in [0.1, 0.15) is 26.3 Å². The van der Waals surface area contributed by atoms with E-state index < -0.39 is 10.0 Å². The first-order chi connectivity index (χ1) is 9.69. The Kier molecular flexibility index (Phi) is 6.65. The lowest BCUT2D eigenvalue weighted by Crippen LogP contribution is -2.42. The zero-order valence-corrected chi connectivity index (χ0v) is 15.2. The number of rotatable bonds is 7. The lowest BCUT2D eigenvalue weighted by molar-refractivity contribution is 0.116. The third-order valence-corrected chi connectivity index (χ3v) is 5.52. The van der Waals surface area contributed by atoms with Crippen molar-refractivity contribution in [3.63, 3.8) is 0 Å². The molecule has 0 saturated heterocycles. The van der Waals surface area contributed by atoms with Gasteiger partial charge in [0, 0.05) is 22.8 Å². The summed E-state index contributed by atoms with van der Waals surface area (Å²) in [6.45, 7) is 8.43. The van der Waals surface area contributed by atoms with Crippen LogP contribution in [0.25, 0.3) is 0 Å². The largest absolute Gasteiger partial charge is 0.398 e. The third kappa shape index (κ3) is 4.95.